The van der Waals surface area contributed by atoms with Crippen LogP contribution in [0.5, 0.6) is 0 Å². The zero-order chi connectivity index (χ0) is 13.3. The van der Waals surface area contributed by atoms with Crippen LogP contribution in [0, 0.1) is 0 Å². The Kier molecular flexibility index (Phi) is 8.82. The molecule has 0 saturated carbocycles. The summed E-state index contributed by atoms with van der Waals surface area (Å²) in [6.07, 6.45) is 6.33. The van der Waals surface area contributed by atoms with Crippen molar-refractivity contribution in [3.8, 4) is 0 Å². The van der Waals surface area contributed by atoms with E-state index < -0.39 is 21.5 Å². The summed E-state index contributed by atoms with van der Waals surface area (Å²) in [6, 6.07) is 0. The summed E-state index contributed by atoms with van der Waals surface area (Å²) >= 11 is 0. The molecule has 0 rings (SSSR count). The first-order valence-electron chi connectivity index (χ1n) is 6.57. The lowest BCUT2D eigenvalue weighted by molar-refractivity contribution is 0.149. The predicted molar refractivity (Wildman–Crippen MR) is 69.6 cm³/mol. The molecule has 0 aliphatic carbocycles. The van der Waals surface area contributed by atoms with Gasteiger partial charge in [-0.3, -0.25) is 4.55 Å². The van der Waals surface area contributed by atoms with Crippen molar-refractivity contribution in [2.24, 2.45) is 0 Å². The normalized spacial score (nSPS) is 15.8. The third-order valence-electron chi connectivity index (χ3n) is 3.07. The van der Waals surface area contributed by atoms with Crippen molar-refractivity contribution in [1.82, 2.24) is 0 Å². The molecular weight excluding hydrogens is 240 g/mol. The second kappa shape index (κ2) is 8.89. The molecule has 0 aromatic heterocycles. The number of aliphatic hydroxyl groups is 1. The van der Waals surface area contributed by atoms with Crippen LogP contribution in [0.15, 0.2) is 0 Å². The first kappa shape index (κ1) is 16.9. The van der Waals surface area contributed by atoms with Gasteiger partial charge in [0.25, 0.3) is 10.1 Å². The molecule has 0 aromatic carbocycles. The molecule has 0 radical (unpaired) electrons. The molecule has 0 amide bonds. The van der Waals surface area contributed by atoms with Crippen LogP contribution in [0.4, 0.5) is 0 Å². The Balaban J connectivity index is 3.81. The molecule has 2 atom stereocenters. The molecule has 104 valence electrons. The van der Waals surface area contributed by atoms with Crippen molar-refractivity contribution in [1.29, 1.82) is 0 Å². The van der Waals surface area contributed by atoms with Crippen LogP contribution in [0.3, 0.4) is 0 Å². The summed E-state index contributed by atoms with van der Waals surface area (Å²) in [6.45, 7) is 3.81. The van der Waals surface area contributed by atoms with E-state index in [4.69, 9.17) is 4.55 Å². The molecule has 17 heavy (non-hydrogen) atoms. The number of unbranched alkanes of at least 4 members (excludes halogenated alkanes) is 5. The van der Waals surface area contributed by atoms with Gasteiger partial charge in [0.05, 0.1) is 6.10 Å². The SMILES string of the molecule is CCCCCCCCC(O)C(CC)S(=O)(=O)O. The smallest absolute Gasteiger partial charge is 0.270 e. The summed E-state index contributed by atoms with van der Waals surface area (Å²) in [5, 5.41) is 8.68. The van der Waals surface area contributed by atoms with E-state index in [0.29, 0.717) is 6.42 Å². The minimum absolute atomic E-state index is 0.246. The lowest BCUT2D eigenvalue weighted by Crippen LogP contribution is -2.33. The first-order chi connectivity index (χ1) is 7.93. The van der Waals surface area contributed by atoms with Gasteiger partial charge in [-0.25, -0.2) is 0 Å². The third-order valence-corrected chi connectivity index (χ3v) is 4.48. The van der Waals surface area contributed by atoms with E-state index >= 15 is 0 Å². The summed E-state index contributed by atoms with van der Waals surface area (Å²) in [5.41, 5.74) is 0. The first-order valence-corrected chi connectivity index (χ1v) is 8.08. The molecule has 2 N–H and O–H groups in total. The van der Waals surface area contributed by atoms with Gasteiger partial charge >= 0.3 is 0 Å². The fourth-order valence-corrected chi connectivity index (χ4v) is 2.96. The van der Waals surface area contributed by atoms with Crippen LogP contribution in [0.25, 0.3) is 0 Å². The number of rotatable bonds is 10. The Labute approximate surface area is 105 Å². The van der Waals surface area contributed by atoms with Gasteiger partial charge in [-0.15, -0.1) is 0 Å². The Morgan fingerprint density at radius 3 is 2.00 bits per heavy atom. The highest BCUT2D eigenvalue weighted by molar-refractivity contribution is 7.86. The average Bonchev–Trinajstić information content (AvgIpc) is 2.22. The minimum Gasteiger partial charge on any atom is -0.392 e. The Morgan fingerprint density at radius 1 is 1.00 bits per heavy atom. The van der Waals surface area contributed by atoms with Crippen molar-refractivity contribution in [3.05, 3.63) is 0 Å². The van der Waals surface area contributed by atoms with Gasteiger partial charge in [-0.05, 0) is 12.8 Å². The Bertz CT molecular complexity index is 274. The van der Waals surface area contributed by atoms with E-state index in [9.17, 15) is 13.5 Å². The summed E-state index contributed by atoms with van der Waals surface area (Å²) in [7, 11) is -4.12. The van der Waals surface area contributed by atoms with Crippen LogP contribution in [-0.2, 0) is 10.1 Å². The number of aliphatic hydroxyl groups excluding tert-OH is 1. The molecule has 4 nitrogen and oxygen atoms in total. The van der Waals surface area contributed by atoms with Gasteiger partial charge in [0.2, 0.25) is 0 Å². The topological polar surface area (TPSA) is 74.6 Å². The standard InChI is InChI=1S/C12H26O4S/c1-3-5-6-7-8-9-10-11(13)12(4-2)17(14,15)16/h11-13H,3-10H2,1-2H3,(H,14,15,16). The molecule has 0 fully saturated rings. The number of hydrogen-bond donors (Lipinski definition) is 2. The maximum Gasteiger partial charge on any atom is 0.270 e. The zero-order valence-corrected chi connectivity index (χ0v) is 11.7. The van der Waals surface area contributed by atoms with E-state index in [-0.39, 0.29) is 6.42 Å². The van der Waals surface area contributed by atoms with Crippen molar-refractivity contribution < 1.29 is 18.1 Å². The summed E-state index contributed by atoms with van der Waals surface area (Å²) < 4.78 is 30.9. The molecule has 0 heterocycles. The van der Waals surface area contributed by atoms with E-state index in [1.165, 1.54) is 19.3 Å². The fraction of sp³-hybridized carbons (Fsp3) is 1.00. The highest BCUT2D eigenvalue weighted by Crippen LogP contribution is 2.16. The highest BCUT2D eigenvalue weighted by atomic mass is 32.2. The van der Waals surface area contributed by atoms with Crippen molar-refractivity contribution >= 4 is 10.1 Å². The Hall–Kier alpha value is -0.130. The van der Waals surface area contributed by atoms with Gasteiger partial charge in [0.1, 0.15) is 5.25 Å². The van der Waals surface area contributed by atoms with Gasteiger partial charge in [-0.2, -0.15) is 8.42 Å². The second-order valence-corrected chi connectivity index (χ2v) is 6.22. The molecule has 0 aliphatic heterocycles. The lowest BCUT2D eigenvalue weighted by atomic mass is 10.0. The molecule has 0 aliphatic rings. The van der Waals surface area contributed by atoms with Crippen molar-refractivity contribution in [2.45, 2.75) is 76.6 Å². The molecule has 0 bridgehead atoms. The quantitative estimate of drug-likeness (QED) is 0.471. The van der Waals surface area contributed by atoms with Gasteiger partial charge in [0, 0.05) is 0 Å². The van der Waals surface area contributed by atoms with E-state index in [0.717, 1.165) is 19.3 Å². The van der Waals surface area contributed by atoms with Crippen LogP contribution in [0.1, 0.15) is 65.2 Å². The van der Waals surface area contributed by atoms with Gasteiger partial charge in [-0.1, -0.05) is 52.4 Å². The monoisotopic (exact) mass is 266 g/mol. The maximum atomic E-state index is 11.0. The van der Waals surface area contributed by atoms with Gasteiger partial charge in [0.15, 0.2) is 0 Å². The second-order valence-electron chi connectivity index (χ2n) is 4.59. The van der Waals surface area contributed by atoms with E-state index in [1.807, 2.05) is 0 Å². The molecule has 2 unspecified atom stereocenters. The zero-order valence-electron chi connectivity index (χ0n) is 10.9. The largest absolute Gasteiger partial charge is 0.392 e. The number of hydrogen-bond acceptors (Lipinski definition) is 3. The molecule has 5 heteroatoms. The molecular formula is C12H26O4S. The average molecular weight is 266 g/mol. The highest BCUT2D eigenvalue weighted by Gasteiger charge is 2.28. The van der Waals surface area contributed by atoms with Crippen molar-refractivity contribution in [2.75, 3.05) is 0 Å². The fourth-order valence-electron chi connectivity index (χ4n) is 2.00. The van der Waals surface area contributed by atoms with E-state index in [1.54, 1.807) is 6.92 Å². The molecule has 0 spiro atoms. The van der Waals surface area contributed by atoms with E-state index in [2.05, 4.69) is 6.92 Å². The van der Waals surface area contributed by atoms with Crippen molar-refractivity contribution in [3.63, 3.8) is 0 Å². The lowest BCUT2D eigenvalue weighted by Gasteiger charge is -2.18. The van der Waals surface area contributed by atoms with Crippen LogP contribution < -0.4 is 0 Å². The van der Waals surface area contributed by atoms with Gasteiger partial charge < -0.3 is 5.11 Å². The predicted octanol–water partition coefficient (Wildman–Crippen LogP) is 2.76. The van der Waals surface area contributed by atoms with Crippen LogP contribution >= 0.6 is 0 Å². The third kappa shape index (κ3) is 7.73. The molecule has 0 aromatic rings. The minimum atomic E-state index is -4.12. The van der Waals surface area contributed by atoms with Crippen LogP contribution in [0.2, 0.25) is 0 Å². The summed E-state index contributed by atoms with van der Waals surface area (Å²) in [5.74, 6) is 0. The summed E-state index contributed by atoms with van der Waals surface area (Å²) in [4.78, 5) is 0. The molecule has 0 saturated heterocycles. The Morgan fingerprint density at radius 2 is 1.53 bits per heavy atom. The van der Waals surface area contributed by atoms with Crippen LogP contribution in [-0.4, -0.2) is 29.4 Å². The maximum absolute atomic E-state index is 11.0.